The molecule has 1 saturated carbocycles. The van der Waals surface area contributed by atoms with E-state index in [2.05, 4.69) is 25.2 Å². The summed E-state index contributed by atoms with van der Waals surface area (Å²) in [6.45, 7) is 4.50. The minimum Gasteiger partial charge on any atom is -0.489 e. The zero-order valence-electron chi connectivity index (χ0n) is 21.4. The second kappa shape index (κ2) is 11.3. The fourth-order valence-electron chi connectivity index (χ4n) is 5.63. The van der Waals surface area contributed by atoms with Gasteiger partial charge in [0, 0.05) is 56.0 Å². The van der Waals surface area contributed by atoms with Gasteiger partial charge in [0.1, 0.15) is 29.8 Å². The van der Waals surface area contributed by atoms with Crippen LogP contribution in [0, 0.1) is 5.92 Å². The predicted molar refractivity (Wildman–Crippen MR) is 147 cm³/mol. The van der Waals surface area contributed by atoms with Crippen molar-refractivity contribution in [2.45, 2.75) is 44.6 Å². The molecule has 2 aliphatic heterocycles. The number of halogens is 1. The number of rotatable bonds is 6. The first-order valence-electron chi connectivity index (χ1n) is 13.6. The van der Waals surface area contributed by atoms with Gasteiger partial charge in [-0.05, 0) is 37.1 Å². The highest BCUT2D eigenvalue weighted by molar-refractivity contribution is 6.32. The number of hydrogen-bond acceptors (Lipinski definition) is 8. The first-order chi connectivity index (χ1) is 18.6. The molecule has 3 aromatic rings. The number of nitrogens with one attached hydrogen (secondary N) is 1. The number of aromatic nitrogens is 3. The second-order valence-electron chi connectivity index (χ2n) is 10.3. The highest BCUT2D eigenvalue weighted by Crippen LogP contribution is 2.33. The summed E-state index contributed by atoms with van der Waals surface area (Å²) in [5.74, 6) is 2.80. The van der Waals surface area contributed by atoms with Gasteiger partial charge in [-0.2, -0.15) is 0 Å². The number of nitrogens with zero attached hydrogens (tertiary/aromatic N) is 5. The molecule has 0 unspecified atom stereocenters. The van der Waals surface area contributed by atoms with E-state index in [-0.39, 0.29) is 12.0 Å². The number of likely N-dealkylation sites (tertiary alicyclic amines) is 1. The van der Waals surface area contributed by atoms with Crippen molar-refractivity contribution in [3.8, 4) is 5.75 Å². The molecule has 10 heteroatoms. The van der Waals surface area contributed by atoms with Gasteiger partial charge >= 0.3 is 0 Å². The number of morpholine rings is 1. The number of anilines is 3. The Bertz CT molecular complexity index is 1290. The fourth-order valence-corrected chi connectivity index (χ4v) is 5.85. The van der Waals surface area contributed by atoms with Gasteiger partial charge in [0.2, 0.25) is 5.91 Å². The van der Waals surface area contributed by atoms with Gasteiger partial charge in [0.05, 0.1) is 29.9 Å². The van der Waals surface area contributed by atoms with E-state index in [4.69, 9.17) is 21.1 Å². The third-order valence-electron chi connectivity index (χ3n) is 7.79. The lowest BCUT2D eigenvalue weighted by Gasteiger charge is -2.33. The van der Waals surface area contributed by atoms with Crippen molar-refractivity contribution in [3.63, 3.8) is 0 Å². The van der Waals surface area contributed by atoms with E-state index < -0.39 is 0 Å². The van der Waals surface area contributed by atoms with Crippen molar-refractivity contribution in [2.24, 2.45) is 5.92 Å². The molecule has 0 atom stereocenters. The molecule has 0 spiro atoms. The summed E-state index contributed by atoms with van der Waals surface area (Å²) in [5.41, 5.74) is 1.58. The van der Waals surface area contributed by atoms with Gasteiger partial charge in [0.25, 0.3) is 0 Å². The van der Waals surface area contributed by atoms with Crippen LogP contribution in [0.3, 0.4) is 0 Å². The normalized spacial score (nSPS) is 19.2. The molecular weight excluding hydrogens is 504 g/mol. The van der Waals surface area contributed by atoms with Crippen molar-refractivity contribution in [1.29, 1.82) is 0 Å². The largest absolute Gasteiger partial charge is 0.489 e. The minimum atomic E-state index is 0.0517. The topological polar surface area (TPSA) is 92.7 Å². The molecule has 1 aromatic carbocycles. The molecule has 4 heterocycles. The van der Waals surface area contributed by atoms with E-state index >= 15 is 0 Å². The first-order valence-corrected chi connectivity index (χ1v) is 14.0. The number of ether oxygens (including phenoxy) is 2. The van der Waals surface area contributed by atoms with E-state index in [9.17, 15) is 4.79 Å². The Hall–Kier alpha value is -3.17. The van der Waals surface area contributed by atoms with Crippen LogP contribution in [0.5, 0.6) is 5.75 Å². The van der Waals surface area contributed by atoms with Gasteiger partial charge in [-0.25, -0.2) is 15.0 Å². The third-order valence-corrected chi connectivity index (χ3v) is 8.08. The molecule has 0 radical (unpaired) electrons. The predicted octanol–water partition coefficient (Wildman–Crippen LogP) is 4.82. The van der Waals surface area contributed by atoms with Crippen molar-refractivity contribution >= 4 is 45.7 Å². The second-order valence-corrected chi connectivity index (χ2v) is 10.7. The molecule has 6 rings (SSSR count). The summed E-state index contributed by atoms with van der Waals surface area (Å²) in [5, 5.41) is 4.81. The molecule has 0 bridgehead atoms. The Balaban J connectivity index is 1.10. The molecule has 1 amide bonds. The Morgan fingerprint density at radius 1 is 1.00 bits per heavy atom. The van der Waals surface area contributed by atoms with E-state index in [0.717, 1.165) is 74.3 Å². The number of piperidine rings is 1. The van der Waals surface area contributed by atoms with Crippen LogP contribution in [0.2, 0.25) is 5.02 Å². The SMILES string of the molecule is O=C(C1CCCC1)N1CCC(Oc2ccc(Nc3ncnc4cnc(N5CCOCC5)cc34)cc2Cl)CC1. The lowest BCUT2D eigenvalue weighted by Crippen LogP contribution is -2.44. The summed E-state index contributed by atoms with van der Waals surface area (Å²) in [4.78, 5) is 30.4. The fraction of sp³-hybridized carbons (Fsp3) is 0.500. The smallest absolute Gasteiger partial charge is 0.225 e. The average Bonchev–Trinajstić information content (AvgIpc) is 3.50. The minimum absolute atomic E-state index is 0.0517. The molecule has 1 aliphatic carbocycles. The molecular formula is C28H33ClN6O3. The van der Waals surface area contributed by atoms with Crippen LogP contribution < -0.4 is 15.0 Å². The number of amides is 1. The number of pyridine rings is 1. The summed E-state index contributed by atoms with van der Waals surface area (Å²) in [6.07, 6.45) is 9.45. The molecule has 9 nitrogen and oxygen atoms in total. The Labute approximate surface area is 227 Å². The molecule has 2 aromatic heterocycles. The Kier molecular flexibility index (Phi) is 7.47. The number of hydrogen-bond donors (Lipinski definition) is 1. The average molecular weight is 537 g/mol. The molecule has 3 aliphatic rings. The van der Waals surface area contributed by atoms with Gasteiger partial charge in [0.15, 0.2) is 0 Å². The van der Waals surface area contributed by atoms with E-state index in [1.54, 1.807) is 6.20 Å². The molecule has 200 valence electrons. The number of fused-ring (bicyclic) bond motifs is 1. The highest BCUT2D eigenvalue weighted by Gasteiger charge is 2.30. The quantitative estimate of drug-likeness (QED) is 0.479. The van der Waals surface area contributed by atoms with E-state index in [0.29, 0.717) is 35.7 Å². The Morgan fingerprint density at radius 2 is 1.79 bits per heavy atom. The maximum Gasteiger partial charge on any atom is 0.225 e. The number of carbonyl (C=O) groups is 1. The van der Waals surface area contributed by atoms with Crippen LogP contribution in [0.15, 0.2) is 36.8 Å². The summed E-state index contributed by atoms with van der Waals surface area (Å²) in [6, 6.07) is 7.71. The summed E-state index contributed by atoms with van der Waals surface area (Å²) >= 11 is 6.63. The third kappa shape index (κ3) is 5.49. The lowest BCUT2D eigenvalue weighted by atomic mass is 10.0. The summed E-state index contributed by atoms with van der Waals surface area (Å²) < 4.78 is 11.7. The van der Waals surface area contributed by atoms with Crippen LogP contribution in [-0.2, 0) is 9.53 Å². The van der Waals surface area contributed by atoms with Crippen LogP contribution in [0.25, 0.3) is 10.9 Å². The Morgan fingerprint density at radius 3 is 2.55 bits per heavy atom. The number of carbonyl (C=O) groups excluding carboxylic acids is 1. The van der Waals surface area contributed by atoms with Gasteiger partial charge < -0.3 is 24.6 Å². The monoisotopic (exact) mass is 536 g/mol. The summed E-state index contributed by atoms with van der Waals surface area (Å²) in [7, 11) is 0. The van der Waals surface area contributed by atoms with Crippen LogP contribution in [-0.4, -0.2) is 71.3 Å². The lowest BCUT2D eigenvalue weighted by molar-refractivity contribution is -0.137. The van der Waals surface area contributed by atoms with Crippen molar-refractivity contribution in [3.05, 3.63) is 41.8 Å². The molecule has 1 N–H and O–H groups in total. The van der Waals surface area contributed by atoms with Gasteiger partial charge in [-0.3, -0.25) is 4.79 Å². The number of benzene rings is 1. The van der Waals surface area contributed by atoms with Crippen molar-refractivity contribution in [1.82, 2.24) is 19.9 Å². The molecule has 3 fully saturated rings. The van der Waals surface area contributed by atoms with E-state index in [1.165, 1.54) is 19.2 Å². The van der Waals surface area contributed by atoms with Gasteiger partial charge in [-0.15, -0.1) is 0 Å². The van der Waals surface area contributed by atoms with E-state index in [1.807, 2.05) is 29.2 Å². The maximum atomic E-state index is 12.7. The zero-order valence-corrected chi connectivity index (χ0v) is 22.2. The van der Waals surface area contributed by atoms with Crippen molar-refractivity contribution in [2.75, 3.05) is 49.6 Å². The van der Waals surface area contributed by atoms with Crippen LogP contribution in [0.1, 0.15) is 38.5 Å². The standard InChI is InChI=1S/C28H33ClN6O3/c29-23-15-20(5-6-25(23)38-21-7-9-35(10-8-21)28(36)19-3-1-2-4-19)33-27-22-16-26(34-11-13-37-14-12-34)30-17-24(22)31-18-32-27/h5-6,15-19,21H,1-4,7-14H2,(H,31,32,33). The highest BCUT2D eigenvalue weighted by atomic mass is 35.5. The van der Waals surface area contributed by atoms with Crippen LogP contribution in [0.4, 0.5) is 17.3 Å². The molecule has 38 heavy (non-hydrogen) atoms. The van der Waals surface area contributed by atoms with Crippen molar-refractivity contribution < 1.29 is 14.3 Å². The van der Waals surface area contributed by atoms with Gasteiger partial charge in [-0.1, -0.05) is 24.4 Å². The van der Waals surface area contributed by atoms with Crippen LogP contribution >= 0.6 is 11.6 Å². The maximum absolute atomic E-state index is 12.7. The zero-order chi connectivity index (χ0) is 25.9. The first kappa shape index (κ1) is 25.1. The molecule has 2 saturated heterocycles.